The molecular formula is C23H24O4. The van der Waals surface area contributed by atoms with Gasteiger partial charge < -0.3 is 19.3 Å². The average Bonchev–Trinajstić information content (AvgIpc) is 2.72. The molecule has 3 aromatic rings. The van der Waals surface area contributed by atoms with Gasteiger partial charge in [-0.25, -0.2) is 0 Å². The molecule has 3 aromatic carbocycles. The van der Waals surface area contributed by atoms with Crippen LogP contribution in [0.1, 0.15) is 28.4 Å². The summed E-state index contributed by atoms with van der Waals surface area (Å²) in [6.45, 7) is 2.57. The summed E-state index contributed by atoms with van der Waals surface area (Å²) in [5, 5.41) is 10.7. The van der Waals surface area contributed by atoms with E-state index in [1.807, 2.05) is 30.3 Å². The van der Waals surface area contributed by atoms with Crippen molar-refractivity contribution in [3.05, 3.63) is 89.0 Å². The van der Waals surface area contributed by atoms with Gasteiger partial charge in [-0.05, 0) is 42.3 Å². The van der Waals surface area contributed by atoms with Gasteiger partial charge in [0, 0.05) is 11.6 Å². The molecule has 0 fully saturated rings. The Labute approximate surface area is 160 Å². The molecule has 0 aliphatic rings. The highest BCUT2D eigenvalue weighted by Crippen LogP contribution is 2.33. The van der Waals surface area contributed by atoms with E-state index in [4.69, 9.17) is 14.2 Å². The fourth-order valence-electron chi connectivity index (χ4n) is 2.82. The lowest BCUT2D eigenvalue weighted by Gasteiger charge is -2.16. The first-order valence-corrected chi connectivity index (χ1v) is 8.79. The molecule has 0 radical (unpaired) electrons. The van der Waals surface area contributed by atoms with Crippen molar-refractivity contribution in [2.75, 3.05) is 14.2 Å². The van der Waals surface area contributed by atoms with E-state index in [-0.39, 0.29) is 0 Å². The molecule has 0 spiro atoms. The van der Waals surface area contributed by atoms with Crippen molar-refractivity contribution in [1.29, 1.82) is 0 Å². The number of hydrogen-bond donors (Lipinski definition) is 1. The molecule has 0 aliphatic heterocycles. The van der Waals surface area contributed by atoms with Crippen molar-refractivity contribution in [2.24, 2.45) is 0 Å². The summed E-state index contributed by atoms with van der Waals surface area (Å²) in [7, 11) is 3.17. The number of aryl methyl sites for hydroxylation is 1. The lowest BCUT2D eigenvalue weighted by molar-refractivity contribution is 0.214. The van der Waals surface area contributed by atoms with Gasteiger partial charge in [0.25, 0.3) is 0 Å². The van der Waals surface area contributed by atoms with E-state index in [9.17, 15) is 5.11 Å². The molecule has 0 bridgehead atoms. The monoisotopic (exact) mass is 364 g/mol. The summed E-state index contributed by atoms with van der Waals surface area (Å²) >= 11 is 0. The van der Waals surface area contributed by atoms with E-state index >= 15 is 0 Å². The minimum atomic E-state index is -0.794. The van der Waals surface area contributed by atoms with Crippen LogP contribution in [0, 0.1) is 6.92 Å². The quantitative estimate of drug-likeness (QED) is 0.662. The number of methoxy groups -OCH3 is 2. The molecule has 0 unspecified atom stereocenters. The Balaban J connectivity index is 1.70. The van der Waals surface area contributed by atoms with Gasteiger partial charge in [0.05, 0.1) is 14.2 Å². The van der Waals surface area contributed by atoms with E-state index in [0.717, 1.165) is 16.9 Å². The highest BCUT2D eigenvalue weighted by atomic mass is 16.5. The van der Waals surface area contributed by atoms with Crippen molar-refractivity contribution in [3.63, 3.8) is 0 Å². The number of aliphatic hydroxyl groups is 1. The smallest absolute Gasteiger partial charge is 0.128 e. The molecule has 0 aromatic heterocycles. The molecule has 0 saturated carbocycles. The van der Waals surface area contributed by atoms with Crippen LogP contribution in [0.5, 0.6) is 17.2 Å². The van der Waals surface area contributed by atoms with Crippen molar-refractivity contribution < 1.29 is 19.3 Å². The second kappa shape index (κ2) is 8.60. The maximum atomic E-state index is 10.7. The number of ether oxygens (including phenoxy) is 3. The Morgan fingerprint density at radius 1 is 0.815 bits per heavy atom. The fourth-order valence-corrected chi connectivity index (χ4v) is 2.82. The van der Waals surface area contributed by atoms with Gasteiger partial charge >= 0.3 is 0 Å². The van der Waals surface area contributed by atoms with E-state index < -0.39 is 6.10 Å². The minimum Gasteiger partial charge on any atom is -0.497 e. The van der Waals surface area contributed by atoms with E-state index in [0.29, 0.717) is 23.7 Å². The van der Waals surface area contributed by atoms with E-state index in [1.165, 1.54) is 5.56 Å². The first-order valence-electron chi connectivity index (χ1n) is 8.79. The summed E-state index contributed by atoms with van der Waals surface area (Å²) in [6.07, 6.45) is -0.794. The second-order valence-electron chi connectivity index (χ2n) is 6.35. The third-order valence-corrected chi connectivity index (χ3v) is 4.46. The van der Waals surface area contributed by atoms with Crippen LogP contribution in [0.3, 0.4) is 0 Å². The predicted molar refractivity (Wildman–Crippen MR) is 106 cm³/mol. The Bertz CT molecular complexity index is 870. The van der Waals surface area contributed by atoms with Crippen LogP contribution in [-0.4, -0.2) is 19.3 Å². The molecule has 0 heterocycles. The third-order valence-electron chi connectivity index (χ3n) is 4.46. The van der Waals surface area contributed by atoms with Crippen LogP contribution in [0.25, 0.3) is 0 Å². The SMILES string of the molecule is COc1ccc([C@@H](O)c2ccc(OCc3ccc(C)cc3)cc2)c(OC)c1. The van der Waals surface area contributed by atoms with Gasteiger partial charge in [-0.15, -0.1) is 0 Å². The number of rotatable bonds is 7. The molecule has 0 saturated heterocycles. The van der Waals surface area contributed by atoms with Crippen LogP contribution in [0.2, 0.25) is 0 Å². The molecule has 4 nitrogen and oxygen atoms in total. The Morgan fingerprint density at radius 3 is 2.11 bits per heavy atom. The first kappa shape index (κ1) is 18.8. The molecule has 27 heavy (non-hydrogen) atoms. The number of benzene rings is 3. The van der Waals surface area contributed by atoms with Gasteiger partial charge in [-0.1, -0.05) is 42.0 Å². The maximum Gasteiger partial charge on any atom is 0.128 e. The molecule has 1 atom stereocenters. The summed E-state index contributed by atoms with van der Waals surface area (Å²) in [6, 6.07) is 21.1. The fraction of sp³-hybridized carbons (Fsp3) is 0.217. The summed E-state index contributed by atoms with van der Waals surface area (Å²) in [5.74, 6) is 2.03. The summed E-state index contributed by atoms with van der Waals surface area (Å²) in [5.41, 5.74) is 3.80. The van der Waals surface area contributed by atoms with Crippen LogP contribution in [0.15, 0.2) is 66.7 Å². The molecule has 1 N–H and O–H groups in total. The third kappa shape index (κ3) is 4.60. The highest BCUT2D eigenvalue weighted by molar-refractivity contribution is 5.45. The molecule has 4 heteroatoms. The standard InChI is InChI=1S/C23H24O4/c1-16-4-6-17(7-5-16)15-27-19-10-8-18(9-11-19)23(24)21-13-12-20(25-2)14-22(21)26-3/h4-14,23-24H,15H2,1-3H3/t23-/m0/s1. The number of hydrogen-bond acceptors (Lipinski definition) is 4. The van der Waals surface area contributed by atoms with E-state index in [1.54, 1.807) is 26.4 Å². The van der Waals surface area contributed by atoms with Crippen LogP contribution in [-0.2, 0) is 6.61 Å². The minimum absolute atomic E-state index is 0.508. The van der Waals surface area contributed by atoms with E-state index in [2.05, 4.69) is 31.2 Å². The summed E-state index contributed by atoms with van der Waals surface area (Å²) in [4.78, 5) is 0. The Hall–Kier alpha value is -2.98. The zero-order valence-corrected chi connectivity index (χ0v) is 15.8. The van der Waals surface area contributed by atoms with Crippen LogP contribution < -0.4 is 14.2 Å². The highest BCUT2D eigenvalue weighted by Gasteiger charge is 2.16. The largest absolute Gasteiger partial charge is 0.497 e. The van der Waals surface area contributed by atoms with Crippen molar-refractivity contribution in [3.8, 4) is 17.2 Å². The van der Waals surface area contributed by atoms with Gasteiger partial charge in [0.15, 0.2) is 0 Å². The van der Waals surface area contributed by atoms with Gasteiger partial charge in [0.1, 0.15) is 30.0 Å². The molecule has 0 amide bonds. The normalized spacial score (nSPS) is 11.7. The van der Waals surface area contributed by atoms with Gasteiger partial charge in [-0.3, -0.25) is 0 Å². The van der Waals surface area contributed by atoms with Gasteiger partial charge in [-0.2, -0.15) is 0 Å². The lowest BCUT2D eigenvalue weighted by atomic mass is 10.0. The Morgan fingerprint density at radius 2 is 1.48 bits per heavy atom. The van der Waals surface area contributed by atoms with Crippen molar-refractivity contribution in [2.45, 2.75) is 19.6 Å². The molecule has 0 aliphatic carbocycles. The maximum absolute atomic E-state index is 10.7. The summed E-state index contributed by atoms with van der Waals surface area (Å²) < 4.78 is 16.4. The predicted octanol–water partition coefficient (Wildman–Crippen LogP) is 4.67. The molecule has 3 rings (SSSR count). The molecule has 140 valence electrons. The topological polar surface area (TPSA) is 47.9 Å². The Kier molecular flexibility index (Phi) is 5.99. The zero-order chi connectivity index (χ0) is 19.2. The first-order chi connectivity index (χ1) is 13.1. The van der Waals surface area contributed by atoms with Crippen LogP contribution >= 0.6 is 0 Å². The molecular weight excluding hydrogens is 340 g/mol. The number of aliphatic hydroxyl groups excluding tert-OH is 1. The average molecular weight is 364 g/mol. The van der Waals surface area contributed by atoms with Gasteiger partial charge in [0.2, 0.25) is 0 Å². The van der Waals surface area contributed by atoms with Crippen molar-refractivity contribution >= 4 is 0 Å². The zero-order valence-electron chi connectivity index (χ0n) is 15.8. The van der Waals surface area contributed by atoms with Crippen LogP contribution in [0.4, 0.5) is 0 Å². The lowest BCUT2D eigenvalue weighted by Crippen LogP contribution is -2.03. The second-order valence-corrected chi connectivity index (χ2v) is 6.35. The van der Waals surface area contributed by atoms with Crippen molar-refractivity contribution in [1.82, 2.24) is 0 Å².